The molecule has 1 rings (SSSR count). The zero-order valence-corrected chi connectivity index (χ0v) is 10.6. The number of esters is 1. The Balaban J connectivity index is 3.16. The van der Waals surface area contributed by atoms with Crippen LogP contribution >= 0.6 is 11.3 Å². The Kier molecular flexibility index (Phi) is 4.28. The number of nitrogens with zero attached hydrogens (tertiary/aromatic N) is 3. The van der Waals surface area contributed by atoms with E-state index in [1.165, 1.54) is 11.1 Å². The predicted octanol–water partition coefficient (Wildman–Crippen LogP) is 1.63. The number of hydrogen-bond donors (Lipinski definition) is 0. The van der Waals surface area contributed by atoms with Gasteiger partial charge in [0.15, 0.2) is 5.01 Å². The maximum absolute atomic E-state index is 12.4. The molecule has 0 aliphatic heterocycles. The Bertz CT molecular complexity index is 468. The van der Waals surface area contributed by atoms with Crippen LogP contribution in [0.2, 0.25) is 0 Å². The van der Waals surface area contributed by atoms with Gasteiger partial charge in [0, 0.05) is 20.3 Å². The molecule has 0 unspecified atom stereocenters. The number of methoxy groups -OCH3 is 1. The van der Waals surface area contributed by atoms with E-state index in [1.54, 1.807) is 14.1 Å². The smallest absolute Gasteiger partial charge is 0.445 e. The topological polar surface area (TPSA) is 55.3 Å². The van der Waals surface area contributed by atoms with Crippen molar-refractivity contribution in [3.05, 3.63) is 16.2 Å². The maximum atomic E-state index is 12.4. The van der Waals surface area contributed by atoms with Crippen LogP contribution in [-0.4, -0.2) is 42.3 Å². The van der Waals surface area contributed by atoms with E-state index in [-0.39, 0.29) is 10.6 Å². The van der Waals surface area contributed by atoms with E-state index in [0.717, 1.165) is 7.11 Å². The Morgan fingerprint density at radius 2 is 2.00 bits per heavy atom. The van der Waals surface area contributed by atoms with E-state index >= 15 is 0 Å². The number of halogens is 3. The molecule has 0 saturated heterocycles. The number of alkyl halides is 3. The molecule has 1 aromatic rings. The number of carbonyl (C=O) groups excluding carboxylic acids is 1. The zero-order valence-electron chi connectivity index (χ0n) is 9.78. The minimum absolute atomic E-state index is 0.0736. The lowest BCUT2D eigenvalue weighted by Crippen LogP contribution is -2.10. The van der Waals surface area contributed by atoms with Crippen LogP contribution in [0.3, 0.4) is 0 Å². The molecule has 5 nitrogen and oxygen atoms in total. The number of aromatic nitrogens is 2. The number of rotatable bonds is 3. The van der Waals surface area contributed by atoms with Crippen molar-refractivity contribution in [2.24, 2.45) is 0 Å². The molecule has 0 fully saturated rings. The van der Waals surface area contributed by atoms with Crippen LogP contribution in [0.25, 0.3) is 5.57 Å². The summed E-state index contributed by atoms with van der Waals surface area (Å²) in [6.07, 6.45) is -3.25. The van der Waals surface area contributed by atoms with Gasteiger partial charge in [0.05, 0.1) is 7.11 Å². The molecule has 1 aromatic heterocycles. The van der Waals surface area contributed by atoms with Crippen LogP contribution in [0.15, 0.2) is 6.20 Å². The van der Waals surface area contributed by atoms with E-state index in [9.17, 15) is 18.0 Å². The Morgan fingerprint density at radius 1 is 1.39 bits per heavy atom. The summed E-state index contributed by atoms with van der Waals surface area (Å²) in [7, 11) is 4.38. The first-order valence-electron chi connectivity index (χ1n) is 4.63. The highest BCUT2D eigenvalue weighted by molar-refractivity contribution is 7.12. The summed E-state index contributed by atoms with van der Waals surface area (Å²) in [6.45, 7) is 0. The minimum atomic E-state index is -4.57. The van der Waals surface area contributed by atoms with Crippen molar-refractivity contribution in [3.8, 4) is 0 Å². The van der Waals surface area contributed by atoms with Gasteiger partial charge in [-0.1, -0.05) is 11.3 Å². The van der Waals surface area contributed by atoms with Gasteiger partial charge in [-0.2, -0.15) is 13.2 Å². The summed E-state index contributed by atoms with van der Waals surface area (Å²) >= 11 is 0.291. The number of carbonyl (C=O) groups is 1. The second-order valence-electron chi connectivity index (χ2n) is 3.41. The molecule has 0 saturated carbocycles. The molecule has 0 N–H and O–H groups in total. The normalized spacial score (nSPS) is 12.4. The summed E-state index contributed by atoms with van der Waals surface area (Å²) in [5, 5.41) is 5.12. The van der Waals surface area contributed by atoms with Gasteiger partial charge in [0.25, 0.3) is 0 Å². The van der Waals surface area contributed by atoms with Gasteiger partial charge >= 0.3 is 12.1 Å². The third-order valence-corrected chi connectivity index (χ3v) is 2.69. The lowest BCUT2D eigenvalue weighted by atomic mass is 10.3. The third-order valence-electron chi connectivity index (χ3n) is 1.69. The molecule has 0 aromatic carbocycles. The first kappa shape index (κ1) is 14.4. The van der Waals surface area contributed by atoms with Crippen molar-refractivity contribution in [2.75, 3.05) is 21.2 Å². The molecule has 0 atom stereocenters. The average molecular weight is 281 g/mol. The van der Waals surface area contributed by atoms with Crippen molar-refractivity contribution in [3.63, 3.8) is 0 Å². The Morgan fingerprint density at radius 3 is 2.39 bits per heavy atom. The number of hydrogen-bond acceptors (Lipinski definition) is 6. The van der Waals surface area contributed by atoms with Crippen LogP contribution < -0.4 is 0 Å². The lowest BCUT2D eigenvalue weighted by Gasteiger charge is -2.07. The van der Waals surface area contributed by atoms with E-state index in [0.29, 0.717) is 11.3 Å². The summed E-state index contributed by atoms with van der Waals surface area (Å²) < 4.78 is 41.6. The molecule has 18 heavy (non-hydrogen) atoms. The van der Waals surface area contributed by atoms with Gasteiger partial charge in [-0.05, 0) is 0 Å². The van der Waals surface area contributed by atoms with Gasteiger partial charge in [0.2, 0.25) is 5.01 Å². The fourth-order valence-electron chi connectivity index (χ4n) is 1.01. The second-order valence-corrected chi connectivity index (χ2v) is 4.39. The molecule has 0 aliphatic carbocycles. The summed E-state index contributed by atoms with van der Waals surface area (Å²) in [5.74, 6) is -0.770. The van der Waals surface area contributed by atoms with Crippen molar-refractivity contribution < 1.29 is 22.7 Å². The van der Waals surface area contributed by atoms with Gasteiger partial charge in [-0.25, -0.2) is 4.79 Å². The molecule has 0 bridgehead atoms. The van der Waals surface area contributed by atoms with Gasteiger partial charge in [-0.15, -0.1) is 10.2 Å². The first-order chi connectivity index (χ1) is 8.25. The van der Waals surface area contributed by atoms with Crippen LogP contribution in [-0.2, 0) is 15.7 Å². The van der Waals surface area contributed by atoms with Crippen LogP contribution in [0.1, 0.15) is 10.0 Å². The number of ether oxygens (including phenoxy) is 1. The quantitative estimate of drug-likeness (QED) is 0.622. The van der Waals surface area contributed by atoms with Crippen molar-refractivity contribution in [2.45, 2.75) is 6.18 Å². The third kappa shape index (κ3) is 3.42. The average Bonchev–Trinajstić information content (AvgIpc) is 2.73. The van der Waals surface area contributed by atoms with Gasteiger partial charge in [0.1, 0.15) is 5.57 Å². The Labute approximate surface area is 105 Å². The largest absolute Gasteiger partial charge is 0.465 e. The van der Waals surface area contributed by atoms with E-state index in [1.807, 2.05) is 0 Å². The van der Waals surface area contributed by atoms with Crippen molar-refractivity contribution >= 4 is 22.9 Å². The van der Waals surface area contributed by atoms with E-state index in [4.69, 9.17) is 0 Å². The highest BCUT2D eigenvalue weighted by Crippen LogP contribution is 2.33. The molecule has 1 heterocycles. The zero-order chi connectivity index (χ0) is 13.9. The molecule has 100 valence electrons. The van der Waals surface area contributed by atoms with Crippen molar-refractivity contribution in [1.82, 2.24) is 15.1 Å². The molecule has 9 heteroatoms. The fourth-order valence-corrected chi connectivity index (χ4v) is 1.72. The summed E-state index contributed by atoms with van der Waals surface area (Å²) in [6, 6.07) is 0. The summed E-state index contributed by atoms with van der Waals surface area (Å²) in [5.41, 5.74) is -0.0736. The van der Waals surface area contributed by atoms with Crippen LogP contribution in [0.4, 0.5) is 13.2 Å². The maximum Gasteiger partial charge on any atom is 0.445 e. The van der Waals surface area contributed by atoms with Crippen molar-refractivity contribution in [1.29, 1.82) is 0 Å². The van der Waals surface area contributed by atoms with Crippen LogP contribution in [0.5, 0.6) is 0 Å². The van der Waals surface area contributed by atoms with Crippen LogP contribution in [0, 0.1) is 0 Å². The minimum Gasteiger partial charge on any atom is -0.465 e. The van der Waals surface area contributed by atoms with E-state index < -0.39 is 17.2 Å². The summed E-state index contributed by atoms with van der Waals surface area (Å²) in [4.78, 5) is 12.9. The monoisotopic (exact) mass is 281 g/mol. The van der Waals surface area contributed by atoms with Gasteiger partial charge in [-0.3, -0.25) is 0 Å². The molecule has 0 amide bonds. The lowest BCUT2D eigenvalue weighted by molar-refractivity contribution is -0.138. The first-order valence-corrected chi connectivity index (χ1v) is 5.45. The SMILES string of the molecule is COC(=O)/C(=C\N(C)C)c1nnc(C(F)(F)F)s1. The standard InChI is InChI=1S/C9H10F3N3O2S/c1-15(2)4-5(7(16)17-3)6-13-14-8(18-6)9(10,11)12/h4H,1-3H3/b5-4-. The van der Waals surface area contributed by atoms with Gasteiger partial charge < -0.3 is 9.64 Å². The second kappa shape index (κ2) is 5.34. The molecule has 0 radical (unpaired) electrons. The molecule has 0 aliphatic rings. The fraction of sp³-hybridized carbons (Fsp3) is 0.444. The molecular weight excluding hydrogens is 271 g/mol. The highest BCUT2D eigenvalue weighted by Gasteiger charge is 2.36. The molecule has 0 spiro atoms. The molecular formula is C9H10F3N3O2S. The Hall–Kier alpha value is -1.64. The highest BCUT2D eigenvalue weighted by atomic mass is 32.1. The van der Waals surface area contributed by atoms with E-state index in [2.05, 4.69) is 14.9 Å². The predicted molar refractivity (Wildman–Crippen MR) is 58.6 cm³/mol.